The minimum absolute atomic E-state index is 0.299. The van der Waals surface area contributed by atoms with Crippen molar-refractivity contribution < 1.29 is 8.42 Å². The van der Waals surface area contributed by atoms with E-state index in [0.29, 0.717) is 23.9 Å². The van der Waals surface area contributed by atoms with E-state index in [1.54, 1.807) is 23.9 Å². The molecule has 1 aliphatic heterocycles. The molecular weight excluding hydrogens is 276 g/mol. The Balaban J connectivity index is 1.96. The van der Waals surface area contributed by atoms with Crippen LogP contribution in [0.25, 0.3) is 0 Å². The van der Waals surface area contributed by atoms with Gasteiger partial charge in [0.25, 0.3) is 0 Å². The Morgan fingerprint density at radius 3 is 2.55 bits per heavy atom. The predicted octanol–water partition coefficient (Wildman–Crippen LogP) is 0.104. The third-order valence-corrected chi connectivity index (χ3v) is 5.39. The zero-order valence-electron chi connectivity index (χ0n) is 12.2. The molecule has 20 heavy (non-hydrogen) atoms. The van der Waals surface area contributed by atoms with Gasteiger partial charge in [-0.15, -0.1) is 0 Å². The van der Waals surface area contributed by atoms with Gasteiger partial charge in [0.1, 0.15) is 0 Å². The molecule has 6 nitrogen and oxygen atoms in total. The molecule has 0 bridgehead atoms. The molecule has 1 aromatic rings. The van der Waals surface area contributed by atoms with Crippen molar-refractivity contribution in [3.8, 4) is 0 Å². The summed E-state index contributed by atoms with van der Waals surface area (Å²) < 4.78 is 29.0. The summed E-state index contributed by atoms with van der Waals surface area (Å²) in [5, 5.41) is 0. The fourth-order valence-corrected chi connectivity index (χ4v) is 3.71. The third kappa shape index (κ3) is 3.60. The number of nitrogens with zero attached hydrogens (tertiary/aromatic N) is 2. The summed E-state index contributed by atoms with van der Waals surface area (Å²) in [7, 11) is 0.475. The Morgan fingerprint density at radius 1 is 1.35 bits per heavy atom. The van der Waals surface area contributed by atoms with E-state index < -0.39 is 10.0 Å². The normalized spacial score (nSPS) is 18.6. The molecule has 3 N–H and O–H groups in total. The van der Waals surface area contributed by atoms with Gasteiger partial charge in [0.2, 0.25) is 10.0 Å². The lowest BCUT2D eigenvalue weighted by molar-refractivity contribution is 0.220. The Labute approximate surface area is 121 Å². The van der Waals surface area contributed by atoms with Crippen molar-refractivity contribution in [2.24, 2.45) is 18.7 Å². The third-order valence-electron chi connectivity index (χ3n) is 4.00. The zero-order valence-corrected chi connectivity index (χ0v) is 13.0. The Kier molecular flexibility index (Phi) is 4.85. The number of nitrogens with two attached hydrogens (primary N) is 1. The fourth-order valence-electron chi connectivity index (χ4n) is 2.50. The molecule has 0 aliphatic carbocycles. The van der Waals surface area contributed by atoms with Crippen molar-refractivity contribution in [1.29, 1.82) is 0 Å². The maximum Gasteiger partial charge on any atom is 0.242 e. The van der Waals surface area contributed by atoms with Crippen molar-refractivity contribution in [3.05, 3.63) is 18.0 Å². The number of rotatable bonds is 5. The van der Waals surface area contributed by atoms with Crippen molar-refractivity contribution in [2.75, 3.05) is 26.7 Å². The van der Waals surface area contributed by atoms with Crippen LogP contribution in [-0.2, 0) is 23.6 Å². The molecule has 0 atom stereocenters. The van der Waals surface area contributed by atoms with E-state index in [9.17, 15) is 8.42 Å². The molecule has 0 radical (unpaired) electrons. The highest BCUT2D eigenvalue weighted by Gasteiger charge is 2.21. The van der Waals surface area contributed by atoms with Crippen LogP contribution < -0.4 is 10.5 Å². The molecule has 1 fully saturated rings. The van der Waals surface area contributed by atoms with Crippen LogP contribution in [0, 0.1) is 5.92 Å². The monoisotopic (exact) mass is 300 g/mol. The predicted molar refractivity (Wildman–Crippen MR) is 78.7 cm³/mol. The minimum Gasteiger partial charge on any atom is -0.352 e. The lowest BCUT2D eigenvalue weighted by atomic mass is 9.98. The van der Waals surface area contributed by atoms with Crippen molar-refractivity contribution in [1.82, 2.24) is 14.2 Å². The van der Waals surface area contributed by atoms with Gasteiger partial charge < -0.3 is 15.2 Å². The maximum atomic E-state index is 12.2. The van der Waals surface area contributed by atoms with E-state index in [0.717, 1.165) is 31.6 Å². The van der Waals surface area contributed by atoms with Crippen LogP contribution in [0.2, 0.25) is 0 Å². The smallest absolute Gasteiger partial charge is 0.242 e. The van der Waals surface area contributed by atoms with E-state index in [1.165, 1.54) is 0 Å². The van der Waals surface area contributed by atoms with E-state index in [1.807, 2.05) is 0 Å². The van der Waals surface area contributed by atoms with Crippen molar-refractivity contribution in [2.45, 2.75) is 24.3 Å². The Hall–Kier alpha value is -0.890. The molecule has 0 amide bonds. The van der Waals surface area contributed by atoms with E-state index in [2.05, 4.69) is 16.7 Å². The number of likely N-dealkylation sites (tertiary alicyclic amines) is 1. The molecule has 2 rings (SSSR count). The second kappa shape index (κ2) is 6.26. The number of aryl methyl sites for hydroxylation is 1. The van der Waals surface area contributed by atoms with Gasteiger partial charge in [0.05, 0.1) is 4.90 Å². The molecule has 2 heterocycles. The minimum atomic E-state index is -3.42. The first kappa shape index (κ1) is 15.5. The number of hydrogen-bond donors (Lipinski definition) is 2. The molecule has 0 spiro atoms. The number of piperidine rings is 1. The lowest BCUT2D eigenvalue weighted by Crippen LogP contribution is -2.36. The number of aromatic nitrogens is 1. The summed E-state index contributed by atoms with van der Waals surface area (Å²) in [6, 6.07) is 1.64. The molecular formula is C13H24N4O2S. The summed E-state index contributed by atoms with van der Waals surface area (Å²) in [6.07, 6.45) is 3.70. The Morgan fingerprint density at radius 2 is 2.00 bits per heavy atom. The topological polar surface area (TPSA) is 80.4 Å². The second-order valence-corrected chi connectivity index (χ2v) is 7.35. The van der Waals surface area contributed by atoms with Crippen molar-refractivity contribution >= 4 is 10.0 Å². The highest BCUT2D eigenvalue weighted by molar-refractivity contribution is 7.89. The maximum absolute atomic E-state index is 12.2. The number of sulfonamides is 1. The first-order chi connectivity index (χ1) is 9.42. The standard InChI is InChI=1S/C13H24N4O2S/c1-16-5-3-11(4-6-16)9-15-20(18,19)13-7-12(8-14)17(2)10-13/h7,10-11,15H,3-6,8-9,14H2,1-2H3. The second-order valence-electron chi connectivity index (χ2n) is 5.58. The van der Waals surface area contributed by atoms with Gasteiger partial charge in [-0.25, -0.2) is 13.1 Å². The number of nitrogens with one attached hydrogen (secondary N) is 1. The molecule has 0 unspecified atom stereocenters. The van der Waals surface area contributed by atoms with Crippen LogP contribution in [0.4, 0.5) is 0 Å². The fraction of sp³-hybridized carbons (Fsp3) is 0.692. The van der Waals surface area contributed by atoms with Crippen LogP contribution in [0.15, 0.2) is 17.2 Å². The Bertz CT molecular complexity index is 545. The van der Waals surface area contributed by atoms with Crippen LogP contribution in [0.5, 0.6) is 0 Å². The molecule has 1 saturated heterocycles. The van der Waals surface area contributed by atoms with E-state index in [-0.39, 0.29) is 0 Å². The average molecular weight is 300 g/mol. The van der Waals surface area contributed by atoms with Gasteiger partial charge in [-0.2, -0.15) is 0 Å². The molecule has 0 aromatic carbocycles. The van der Waals surface area contributed by atoms with Gasteiger partial charge >= 0.3 is 0 Å². The summed E-state index contributed by atoms with van der Waals surface area (Å²) in [5.74, 6) is 0.429. The van der Waals surface area contributed by atoms with Crippen LogP contribution >= 0.6 is 0 Å². The van der Waals surface area contributed by atoms with Gasteiger partial charge in [0.15, 0.2) is 0 Å². The summed E-state index contributed by atoms with van der Waals surface area (Å²) in [4.78, 5) is 2.57. The quantitative estimate of drug-likeness (QED) is 0.808. The first-order valence-electron chi connectivity index (χ1n) is 6.96. The largest absolute Gasteiger partial charge is 0.352 e. The highest BCUT2D eigenvalue weighted by Crippen LogP contribution is 2.17. The number of hydrogen-bond acceptors (Lipinski definition) is 4. The highest BCUT2D eigenvalue weighted by atomic mass is 32.2. The van der Waals surface area contributed by atoms with Crippen LogP contribution in [0.1, 0.15) is 18.5 Å². The lowest BCUT2D eigenvalue weighted by Gasteiger charge is -2.28. The molecule has 1 aromatic heterocycles. The zero-order chi connectivity index (χ0) is 14.8. The van der Waals surface area contributed by atoms with Gasteiger partial charge in [0, 0.05) is 32.0 Å². The van der Waals surface area contributed by atoms with Crippen LogP contribution in [-0.4, -0.2) is 44.6 Å². The SMILES string of the molecule is CN1CCC(CNS(=O)(=O)c2cc(CN)n(C)c2)CC1. The van der Waals surface area contributed by atoms with Gasteiger partial charge in [-0.1, -0.05) is 0 Å². The summed E-state index contributed by atoms with van der Waals surface area (Å²) in [6.45, 7) is 2.92. The van der Waals surface area contributed by atoms with Gasteiger partial charge in [-0.05, 0) is 45.0 Å². The van der Waals surface area contributed by atoms with Gasteiger partial charge in [-0.3, -0.25) is 0 Å². The molecule has 1 aliphatic rings. The van der Waals surface area contributed by atoms with Crippen molar-refractivity contribution in [3.63, 3.8) is 0 Å². The molecule has 114 valence electrons. The molecule has 0 saturated carbocycles. The van der Waals surface area contributed by atoms with E-state index >= 15 is 0 Å². The van der Waals surface area contributed by atoms with E-state index in [4.69, 9.17) is 5.73 Å². The average Bonchev–Trinajstić information content (AvgIpc) is 2.80. The first-order valence-corrected chi connectivity index (χ1v) is 8.44. The summed E-state index contributed by atoms with van der Waals surface area (Å²) >= 11 is 0. The van der Waals surface area contributed by atoms with Crippen LogP contribution in [0.3, 0.4) is 0 Å². The molecule has 7 heteroatoms. The summed E-state index contributed by atoms with van der Waals surface area (Å²) in [5.41, 5.74) is 6.38.